The molecule has 3 aliphatic rings. The average Bonchev–Trinajstić information content (AvgIpc) is 4.07. The van der Waals surface area contributed by atoms with Crippen LogP contribution in [-0.2, 0) is 4.74 Å². The predicted octanol–water partition coefficient (Wildman–Crippen LogP) is 12.5. The van der Waals surface area contributed by atoms with E-state index >= 15 is 0 Å². The third-order valence-electron chi connectivity index (χ3n) is 10.4. The molecular formula is C49H37N5O2. The zero-order chi connectivity index (χ0) is 37.8. The number of hydrogen-bond acceptors (Lipinski definition) is 4. The Balaban J connectivity index is 1.44. The lowest BCUT2D eigenvalue weighted by Gasteiger charge is -2.17. The second kappa shape index (κ2) is 13.6. The third kappa shape index (κ3) is 5.64. The van der Waals surface area contributed by atoms with Crippen molar-refractivity contribution in [3.05, 3.63) is 157 Å². The van der Waals surface area contributed by atoms with Gasteiger partial charge in [0.15, 0.2) is 0 Å². The summed E-state index contributed by atoms with van der Waals surface area (Å²) >= 11 is 0. The number of nitrogens with one attached hydrogen (secondary N) is 2. The minimum Gasteiger partial charge on any atom is -0.449 e. The van der Waals surface area contributed by atoms with Gasteiger partial charge in [0.2, 0.25) is 0 Å². The van der Waals surface area contributed by atoms with Crippen molar-refractivity contribution in [2.24, 2.45) is 5.92 Å². The lowest BCUT2D eigenvalue weighted by molar-refractivity contribution is 0.136. The highest BCUT2D eigenvalue weighted by Gasteiger charge is 2.25. The van der Waals surface area contributed by atoms with Gasteiger partial charge in [0.05, 0.1) is 40.4 Å². The Morgan fingerprint density at radius 1 is 0.607 bits per heavy atom. The monoisotopic (exact) mass is 727 g/mol. The first kappa shape index (κ1) is 33.3. The van der Waals surface area contributed by atoms with Gasteiger partial charge in [-0.05, 0) is 71.2 Å². The third-order valence-corrected chi connectivity index (χ3v) is 10.4. The van der Waals surface area contributed by atoms with Crippen LogP contribution in [0.15, 0.2) is 146 Å². The number of ether oxygens (including phenoxy) is 1. The molecule has 0 spiro atoms. The van der Waals surface area contributed by atoms with Crippen molar-refractivity contribution in [2.75, 3.05) is 6.61 Å². The quantitative estimate of drug-likeness (QED) is 0.185. The summed E-state index contributed by atoms with van der Waals surface area (Å²) in [6.45, 7) is 4.37. The summed E-state index contributed by atoms with van der Waals surface area (Å²) < 4.78 is 7.63. The molecule has 0 unspecified atom stereocenters. The fourth-order valence-electron chi connectivity index (χ4n) is 7.95. The molecule has 8 bridgehead atoms. The average molecular weight is 728 g/mol. The van der Waals surface area contributed by atoms with E-state index in [1.165, 1.54) is 0 Å². The van der Waals surface area contributed by atoms with Crippen molar-refractivity contribution in [3.8, 4) is 44.8 Å². The Bertz CT molecular complexity index is 3060. The first-order valence-corrected chi connectivity index (χ1v) is 18.9. The molecule has 0 fully saturated rings. The van der Waals surface area contributed by atoms with Gasteiger partial charge in [-0.15, -0.1) is 0 Å². The van der Waals surface area contributed by atoms with Crippen LogP contribution in [0.4, 0.5) is 4.79 Å². The van der Waals surface area contributed by atoms with Gasteiger partial charge in [0, 0.05) is 49.5 Å². The van der Waals surface area contributed by atoms with E-state index in [0.717, 1.165) is 88.6 Å². The summed E-state index contributed by atoms with van der Waals surface area (Å²) in [6, 6.07) is 49.5. The van der Waals surface area contributed by atoms with Gasteiger partial charge in [-0.2, -0.15) is 0 Å². The van der Waals surface area contributed by atoms with E-state index in [2.05, 4.69) is 113 Å². The second-order valence-electron chi connectivity index (χ2n) is 14.6. The van der Waals surface area contributed by atoms with Crippen LogP contribution >= 0.6 is 0 Å². The molecule has 2 N–H and O–H groups in total. The highest BCUT2D eigenvalue weighted by atomic mass is 16.5. The zero-order valence-electron chi connectivity index (χ0n) is 31.0. The highest BCUT2D eigenvalue weighted by molar-refractivity contribution is 6.16. The second-order valence-corrected chi connectivity index (χ2v) is 14.6. The van der Waals surface area contributed by atoms with E-state index in [9.17, 15) is 4.79 Å². The number of nitrogens with zero attached hydrogens (tertiary/aromatic N) is 3. The smallest absolute Gasteiger partial charge is 0.419 e. The summed E-state index contributed by atoms with van der Waals surface area (Å²) in [4.78, 5) is 32.6. The first-order chi connectivity index (χ1) is 27.5. The van der Waals surface area contributed by atoms with Crippen molar-refractivity contribution in [1.82, 2.24) is 24.5 Å². The van der Waals surface area contributed by atoms with E-state index in [-0.39, 0.29) is 5.92 Å². The minimum atomic E-state index is -0.438. The number of fused-ring (bicyclic) bond motifs is 10. The Kier molecular flexibility index (Phi) is 8.07. The van der Waals surface area contributed by atoms with Crippen LogP contribution in [0.3, 0.4) is 0 Å². The van der Waals surface area contributed by atoms with E-state index in [0.29, 0.717) is 18.0 Å². The van der Waals surface area contributed by atoms with Gasteiger partial charge in [-0.1, -0.05) is 123 Å². The van der Waals surface area contributed by atoms with Gasteiger partial charge in [-0.3, -0.25) is 0 Å². The number of rotatable bonds is 5. The molecule has 3 aromatic heterocycles. The lowest BCUT2D eigenvalue weighted by Crippen LogP contribution is -2.19. The van der Waals surface area contributed by atoms with Crippen molar-refractivity contribution < 1.29 is 9.53 Å². The van der Waals surface area contributed by atoms with Gasteiger partial charge in [0.1, 0.15) is 0 Å². The normalized spacial score (nSPS) is 12.0. The Morgan fingerprint density at radius 2 is 1.11 bits per heavy atom. The Labute approximate surface area is 323 Å². The largest absolute Gasteiger partial charge is 0.449 e. The summed E-state index contributed by atoms with van der Waals surface area (Å²) in [5.74, 6) is 0.175. The predicted molar refractivity (Wildman–Crippen MR) is 229 cm³/mol. The van der Waals surface area contributed by atoms with Crippen LogP contribution in [0.1, 0.15) is 25.2 Å². The lowest BCUT2D eigenvalue weighted by atomic mass is 10.0. The molecule has 4 aromatic carbocycles. The summed E-state index contributed by atoms with van der Waals surface area (Å²) in [7, 11) is 0. The fourth-order valence-corrected chi connectivity index (χ4v) is 7.95. The number of carbonyl (C=O) groups excluding carboxylic acids is 1. The molecular weight excluding hydrogens is 691 g/mol. The van der Waals surface area contributed by atoms with Gasteiger partial charge in [-0.25, -0.2) is 19.3 Å². The van der Waals surface area contributed by atoms with Crippen LogP contribution in [0, 0.1) is 5.92 Å². The molecule has 0 radical (unpaired) electrons. The molecule has 7 aromatic rings. The van der Waals surface area contributed by atoms with Crippen LogP contribution in [0.5, 0.6) is 0 Å². The molecule has 3 aliphatic heterocycles. The molecule has 10 rings (SSSR count). The van der Waals surface area contributed by atoms with Crippen molar-refractivity contribution >= 4 is 62.1 Å². The zero-order valence-corrected chi connectivity index (χ0v) is 31.0. The maximum absolute atomic E-state index is 14.2. The van der Waals surface area contributed by atoms with Crippen LogP contribution in [-0.4, -0.2) is 37.2 Å². The van der Waals surface area contributed by atoms with E-state index in [1.54, 1.807) is 4.57 Å². The highest BCUT2D eigenvalue weighted by Crippen LogP contribution is 2.41. The fraction of sp³-hybridized carbons (Fsp3) is 0.0816. The van der Waals surface area contributed by atoms with Crippen molar-refractivity contribution in [3.63, 3.8) is 0 Å². The Hall–Kier alpha value is -7.25. The molecule has 0 saturated heterocycles. The minimum absolute atomic E-state index is 0.175. The molecule has 56 heavy (non-hydrogen) atoms. The van der Waals surface area contributed by atoms with Crippen molar-refractivity contribution in [2.45, 2.75) is 13.8 Å². The van der Waals surface area contributed by atoms with Crippen LogP contribution in [0.25, 0.3) is 101 Å². The number of carbonyl (C=O) groups is 1. The summed E-state index contributed by atoms with van der Waals surface area (Å²) in [6.07, 6.45) is 3.78. The van der Waals surface area contributed by atoms with E-state index in [1.807, 2.05) is 68.4 Å². The standard InChI is InChI=1S/C49H37N5O2/c1-30(2)29-56-49(55)54-42-21-13-12-20-34(42)47-40-27-26-38(52-40)45(32-16-8-4-9-17-32)36-23-22-35(50-36)44(31-14-6-3-7-15-31)37-24-25-39(51-37)46(33-18-10-5-11-19-33)41-28-43(54)48(47)53-41/h3-28,30,51-52H,29H2,1-2H3. The number of benzene rings is 4. The molecule has 0 aliphatic carbocycles. The first-order valence-electron chi connectivity index (χ1n) is 18.9. The SMILES string of the molecule is CC(C)COC(=O)n1c2cc3nc-2c(c2ccc([nH]2)c(-c2ccccc2)c2nc(c(-c4ccccc4)c4ccc([nH]4)c3-c3ccccc3)C=C2)c2ccccc21. The summed E-state index contributed by atoms with van der Waals surface area (Å²) in [5, 5.41) is 1.78. The van der Waals surface area contributed by atoms with Gasteiger partial charge >= 0.3 is 6.09 Å². The number of aromatic nitrogens is 5. The number of hydrogen-bond donors (Lipinski definition) is 2. The number of para-hydroxylation sites is 1. The van der Waals surface area contributed by atoms with Crippen LogP contribution in [0.2, 0.25) is 0 Å². The van der Waals surface area contributed by atoms with E-state index < -0.39 is 6.09 Å². The van der Waals surface area contributed by atoms with Gasteiger partial charge < -0.3 is 14.7 Å². The molecule has 7 heteroatoms. The maximum atomic E-state index is 14.2. The summed E-state index contributed by atoms with van der Waals surface area (Å²) in [5.41, 5.74) is 14.1. The maximum Gasteiger partial charge on any atom is 0.419 e. The topological polar surface area (TPSA) is 88.6 Å². The van der Waals surface area contributed by atoms with E-state index in [4.69, 9.17) is 14.7 Å². The Morgan fingerprint density at radius 3 is 1.70 bits per heavy atom. The number of pyridine rings is 1. The van der Waals surface area contributed by atoms with Gasteiger partial charge in [0.25, 0.3) is 0 Å². The number of H-pyrrole nitrogens is 2. The molecule has 0 amide bonds. The molecule has 0 saturated carbocycles. The van der Waals surface area contributed by atoms with Crippen molar-refractivity contribution in [1.29, 1.82) is 0 Å². The molecule has 6 heterocycles. The van der Waals surface area contributed by atoms with Crippen LogP contribution < -0.4 is 0 Å². The molecule has 7 nitrogen and oxygen atoms in total. The molecule has 270 valence electrons. The number of aromatic amines is 2. The molecule has 0 atom stereocenters.